The van der Waals surface area contributed by atoms with Gasteiger partial charge in [-0.3, -0.25) is 0 Å². The number of hydrogen-bond donors (Lipinski definition) is 0. The predicted molar refractivity (Wildman–Crippen MR) is 73.1 cm³/mol. The molecular formula is C15H21NO3. The van der Waals surface area contributed by atoms with Gasteiger partial charge in [-0.25, -0.2) is 0 Å². The molecule has 0 bridgehead atoms. The maximum absolute atomic E-state index is 8.88. The van der Waals surface area contributed by atoms with E-state index in [1.165, 1.54) is 0 Å². The standard InChI is InChI=1S/C15H21NO3/c1-15(2,3)19-8-7-18-11-12-5-6-13(10-16)14(9-12)17-4/h5-6,9H,7-8,11H2,1-4H3. The number of hydrogen-bond acceptors (Lipinski definition) is 4. The minimum absolute atomic E-state index is 0.138. The zero-order valence-electron chi connectivity index (χ0n) is 12.0. The number of methoxy groups -OCH3 is 1. The molecule has 1 rings (SSSR count). The highest BCUT2D eigenvalue weighted by molar-refractivity contribution is 5.45. The Labute approximate surface area is 114 Å². The van der Waals surface area contributed by atoms with Crippen molar-refractivity contribution in [3.63, 3.8) is 0 Å². The Morgan fingerprint density at radius 3 is 2.53 bits per heavy atom. The molecule has 4 heteroatoms. The maximum atomic E-state index is 8.88. The molecule has 0 radical (unpaired) electrons. The third kappa shape index (κ3) is 5.73. The largest absolute Gasteiger partial charge is 0.495 e. The first-order valence-corrected chi connectivity index (χ1v) is 6.25. The van der Waals surface area contributed by atoms with Crippen LogP contribution in [0, 0.1) is 11.3 Å². The number of rotatable bonds is 6. The van der Waals surface area contributed by atoms with Crippen molar-refractivity contribution in [2.24, 2.45) is 0 Å². The summed E-state index contributed by atoms with van der Waals surface area (Å²) >= 11 is 0. The third-order valence-electron chi connectivity index (χ3n) is 2.42. The fourth-order valence-corrected chi connectivity index (χ4v) is 1.51. The van der Waals surface area contributed by atoms with Crippen LogP contribution in [0.2, 0.25) is 0 Å². The molecule has 1 aromatic carbocycles. The molecule has 104 valence electrons. The van der Waals surface area contributed by atoms with Gasteiger partial charge >= 0.3 is 0 Å². The fourth-order valence-electron chi connectivity index (χ4n) is 1.51. The lowest BCUT2D eigenvalue weighted by molar-refractivity contribution is -0.0376. The highest BCUT2D eigenvalue weighted by Gasteiger charge is 2.09. The van der Waals surface area contributed by atoms with Gasteiger partial charge in [0.25, 0.3) is 0 Å². The summed E-state index contributed by atoms with van der Waals surface area (Å²) in [5, 5.41) is 8.88. The number of benzene rings is 1. The number of nitriles is 1. The monoisotopic (exact) mass is 263 g/mol. The highest BCUT2D eigenvalue weighted by Crippen LogP contribution is 2.19. The molecule has 0 atom stereocenters. The van der Waals surface area contributed by atoms with E-state index < -0.39 is 0 Å². The van der Waals surface area contributed by atoms with Crippen LogP contribution < -0.4 is 4.74 Å². The molecule has 0 aromatic heterocycles. The first-order valence-electron chi connectivity index (χ1n) is 6.25. The van der Waals surface area contributed by atoms with Crippen molar-refractivity contribution in [3.8, 4) is 11.8 Å². The van der Waals surface area contributed by atoms with E-state index in [1.54, 1.807) is 13.2 Å². The second-order valence-electron chi connectivity index (χ2n) is 5.16. The van der Waals surface area contributed by atoms with Gasteiger partial charge in [-0.15, -0.1) is 0 Å². The SMILES string of the molecule is COc1cc(COCCOC(C)(C)C)ccc1C#N. The molecule has 0 N–H and O–H groups in total. The predicted octanol–water partition coefficient (Wildman–Crippen LogP) is 2.90. The normalized spacial score (nSPS) is 11.1. The molecule has 0 saturated carbocycles. The molecule has 0 saturated heterocycles. The molecule has 19 heavy (non-hydrogen) atoms. The van der Waals surface area contributed by atoms with E-state index in [1.807, 2.05) is 32.9 Å². The van der Waals surface area contributed by atoms with Crippen molar-refractivity contribution in [2.75, 3.05) is 20.3 Å². The van der Waals surface area contributed by atoms with Gasteiger partial charge in [0.05, 0.1) is 38.1 Å². The van der Waals surface area contributed by atoms with E-state index in [4.69, 9.17) is 19.5 Å². The van der Waals surface area contributed by atoms with Gasteiger partial charge in [-0.1, -0.05) is 6.07 Å². The summed E-state index contributed by atoms with van der Waals surface area (Å²) in [4.78, 5) is 0. The van der Waals surface area contributed by atoms with Gasteiger partial charge in [-0.2, -0.15) is 5.26 Å². The van der Waals surface area contributed by atoms with Crippen molar-refractivity contribution in [1.29, 1.82) is 5.26 Å². The van der Waals surface area contributed by atoms with Crippen LogP contribution in [-0.4, -0.2) is 25.9 Å². The molecule has 0 amide bonds. The van der Waals surface area contributed by atoms with E-state index in [0.29, 0.717) is 31.1 Å². The van der Waals surface area contributed by atoms with Crippen LogP contribution >= 0.6 is 0 Å². The van der Waals surface area contributed by atoms with Crippen molar-refractivity contribution >= 4 is 0 Å². The summed E-state index contributed by atoms with van der Waals surface area (Å²) < 4.78 is 16.2. The Morgan fingerprint density at radius 1 is 1.21 bits per heavy atom. The molecule has 0 aliphatic heterocycles. The zero-order valence-corrected chi connectivity index (χ0v) is 12.0. The summed E-state index contributed by atoms with van der Waals surface area (Å²) in [6, 6.07) is 7.51. The van der Waals surface area contributed by atoms with E-state index in [2.05, 4.69) is 6.07 Å². The summed E-state index contributed by atoms with van der Waals surface area (Å²) in [6.45, 7) is 7.63. The zero-order chi connectivity index (χ0) is 14.3. The van der Waals surface area contributed by atoms with Gasteiger partial charge in [0.15, 0.2) is 0 Å². The lowest BCUT2D eigenvalue weighted by atomic mass is 10.1. The Balaban J connectivity index is 2.40. The molecule has 0 aliphatic rings. The van der Waals surface area contributed by atoms with E-state index >= 15 is 0 Å². The average molecular weight is 263 g/mol. The van der Waals surface area contributed by atoms with Crippen LogP contribution in [0.4, 0.5) is 0 Å². The van der Waals surface area contributed by atoms with Crippen LogP contribution in [-0.2, 0) is 16.1 Å². The topological polar surface area (TPSA) is 51.5 Å². The van der Waals surface area contributed by atoms with Gasteiger partial charge in [0, 0.05) is 0 Å². The Morgan fingerprint density at radius 2 is 1.95 bits per heavy atom. The lowest BCUT2D eigenvalue weighted by Crippen LogP contribution is -2.21. The quantitative estimate of drug-likeness (QED) is 0.740. The molecular weight excluding hydrogens is 242 g/mol. The smallest absolute Gasteiger partial charge is 0.136 e. The van der Waals surface area contributed by atoms with Crippen molar-refractivity contribution in [3.05, 3.63) is 29.3 Å². The van der Waals surface area contributed by atoms with Gasteiger partial charge in [0.2, 0.25) is 0 Å². The maximum Gasteiger partial charge on any atom is 0.136 e. The summed E-state index contributed by atoms with van der Waals surface area (Å²) in [7, 11) is 1.55. The Kier molecular flexibility index (Phi) is 5.81. The first kappa shape index (κ1) is 15.5. The van der Waals surface area contributed by atoms with Gasteiger partial charge < -0.3 is 14.2 Å². The molecule has 0 unspecified atom stereocenters. The first-order chi connectivity index (χ1) is 8.96. The minimum atomic E-state index is -0.138. The molecule has 0 aliphatic carbocycles. The second kappa shape index (κ2) is 7.13. The average Bonchev–Trinajstić information content (AvgIpc) is 2.36. The molecule has 4 nitrogen and oxygen atoms in total. The van der Waals surface area contributed by atoms with Crippen LogP contribution in [0.15, 0.2) is 18.2 Å². The van der Waals surface area contributed by atoms with Crippen LogP contribution in [0.5, 0.6) is 5.75 Å². The molecule has 1 aromatic rings. The van der Waals surface area contributed by atoms with E-state index in [-0.39, 0.29) is 5.60 Å². The van der Waals surface area contributed by atoms with Gasteiger partial charge in [-0.05, 0) is 38.5 Å². The van der Waals surface area contributed by atoms with Gasteiger partial charge in [0.1, 0.15) is 11.8 Å². The molecule has 0 heterocycles. The summed E-state index contributed by atoms with van der Waals surface area (Å²) in [6.07, 6.45) is 0. The summed E-state index contributed by atoms with van der Waals surface area (Å²) in [5.74, 6) is 0.578. The van der Waals surface area contributed by atoms with Crippen molar-refractivity contribution < 1.29 is 14.2 Å². The fraction of sp³-hybridized carbons (Fsp3) is 0.533. The van der Waals surface area contributed by atoms with Crippen LogP contribution in [0.3, 0.4) is 0 Å². The van der Waals surface area contributed by atoms with Crippen LogP contribution in [0.25, 0.3) is 0 Å². The van der Waals surface area contributed by atoms with Crippen molar-refractivity contribution in [2.45, 2.75) is 33.0 Å². The molecule has 0 fully saturated rings. The minimum Gasteiger partial charge on any atom is -0.495 e. The lowest BCUT2D eigenvalue weighted by Gasteiger charge is -2.19. The van der Waals surface area contributed by atoms with Crippen LogP contribution in [0.1, 0.15) is 31.9 Å². The Bertz CT molecular complexity index is 444. The van der Waals surface area contributed by atoms with E-state index in [0.717, 1.165) is 5.56 Å². The third-order valence-corrected chi connectivity index (χ3v) is 2.42. The molecule has 0 spiro atoms. The number of ether oxygens (including phenoxy) is 3. The Hall–Kier alpha value is -1.57. The summed E-state index contributed by atoms with van der Waals surface area (Å²) in [5.41, 5.74) is 1.37. The van der Waals surface area contributed by atoms with Crippen molar-refractivity contribution in [1.82, 2.24) is 0 Å². The van der Waals surface area contributed by atoms with E-state index in [9.17, 15) is 0 Å². The second-order valence-corrected chi connectivity index (χ2v) is 5.16. The number of nitrogens with zero attached hydrogens (tertiary/aromatic N) is 1. The highest BCUT2D eigenvalue weighted by atomic mass is 16.5.